The molecule has 0 saturated carbocycles. The maximum Gasteiger partial charge on any atom is 0.281 e. The number of nitrogens with zero attached hydrogens (tertiary/aromatic N) is 3. The van der Waals surface area contributed by atoms with Crippen LogP contribution in [-0.2, 0) is 15.0 Å². The van der Waals surface area contributed by atoms with Crippen LogP contribution in [0.2, 0.25) is 0 Å². The molecule has 2 aliphatic heterocycles. The van der Waals surface area contributed by atoms with Crippen molar-refractivity contribution in [3.63, 3.8) is 0 Å². The number of hydrogen-bond acceptors (Lipinski definition) is 3. The van der Waals surface area contributed by atoms with E-state index in [4.69, 9.17) is 0 Å². The lowest BCUT2D eigenvalue weighted by molar-refractivity contribution is -0.132. The van der Waals surface area contributed by atoms with E-state index in [1.165, 1.54) is 4.31 Å². The number of carbonyl (C=O) groups excluding carboxylic acids is 1. The van der Waals surface area contributed by atoms with Crippen LogP contribution >= 0.6 is 0 Å². The van der Waals surface area contributed by atoms with Gasteiger partial charge in [0.2, 0.25) is 5.91 Å². The fraction of sp³-hybridized carbons (Fsp3) is 0.917. The molecule has 0 bridgehead atoms. The Labute approximate surface area is 115 Å². The second kappa shape index (κ2) is 5.38. The molecule has 19 heavy (non-hydrogen) atoms. The Balaban J connectivity index is 2.14. The molecule has 0 unspecified atom stereocenters. The first-order chi connectivity index (χ1) is 8.84. The molecule has 0 N–H and O–H groups in total. The minimum Gasteiger partial charge on any atom is -0.342 e. The van der Waals surface area contributed by atoms with Gasteiger partial charge in [0.05, 0.1) is 0 Å². The van der Waals surface area contributed by atoms with Crippen LogP contribution in [-0.4, -0.2) is 68.1 Å². The Morgan fingerprint density at radius 1 is 1.26 bits per heavy atom. The zero-order valence-corrected chi connectivity index (χ0v) is 12.7. The summed E-state index contributed by atoms with van der Waals surface area (Å²) in [7, 11) is 1.64. The number of carbonyl (C=O) groups is 1. The molecule has 0 aliphatic carbocycles. The zero-order valence-electron chi connectivity index (χ0n) is 11.9. The van der Waals surface area contributed by atoms with Gasteiger partial charge in [-0.15, -0.1) is 0 Å². The maximum atomic E-state index is 12.2. The van der Waals surface area contributed by atoms with E-state index in [1.807, 2.05) is 11.9 Å². The first kappa shape index (κ1) is 14.7. The van der Waals surface area contributed by atoms with Crippen molar-refractivity contribution in [3.8, 4) is 0 Å². The molecule has 2 fully saturated rings. The van der Waals surface area contributed by atoms with Crippen molar-refractivity contribution >= 4 is 16.1 Å². The van der Waals surface area contributed by atoms with Crippen molar-refractivity contribution in [1.82, 2.24) is 13.5 Å². The normalized spacial score (nSPS) is 30.3. The van der Waals surface area contributed by atoms with Gasteiger partial charge in [-0.05, 0) is 25.2 Å². The summed E-state index contributed by atoms with van der Waals surface area (Å²) in [4.78, 5) is 13.7. The highest BCUT2D eigenvalue weighted by atomic mass is 32.2. The van der Waals surface area contributed by atoms with Crippen molar-refractivity contribution in [2.75, 3.05) is 34.2 Å². The Bertz CT molecular complexity index is 449. The van der Waals surface area contributed by atoms with Crippen LogP contribution < -0.4 is 0 Å². The topological polar surface area (TPSA) is 60.9 Å². The van der Waals surface area contributed by atoms with E-state index in [2.05, 4.69) is 0 Å². The number of hydrogen-bond donors (Lipinski definition) is 0. The van der Waals surface area contributed by atoms with Crippen LogP contribution in [0.25, 0.3) is 0 Å². The molecule has 0 spiro atoms. The number of amides is 1. The van der Waals surface area contributed by atoms with Gasteiger partial charge in [0.25, 0.3) is 10.2 Å². The highest BCUT2D eigenvalue weighted by Crippen LogP contribution is 2.30. The first-order valence-corrected chi connectivity index (χ1v) is 8.17. The minimum atomic E-state index is -3.33. The molecule has 2 aliphatic rings. The van der Waals surface area contributed by atoms with E-state index < -0.39 is 10.2 Å². The van der Waals surface area contributed by atoms with Crippen LogP contribution in [0, 0.1) is 5.92 Å². The Kier molecular flexibility index (Phi) is 4.17. The smallest absolute Gasteiger partial charge is 0.281 e. The van der Waals surface area contributed by atoms with Crippen molar-refractivity contribution in [2.24, 2.45) is 5.92 Å². The van der Waals surface area contributed by atoms with E-state index in [9.17, 15) is 13.2 Å². The Morgan fingerprint density at radius 3 is 2.58 bits per heavy atom. The van der Waals surface area contributed by atoms with E-state index in [0.29, 0.717) is 19.5 Å². The third-order valence-corrected chi connectivity index (χ3v) is 6.21. The standard InChI is InChI=1S/C12H23N3O3S/c1-13(2)19(17,18)15-8-7-11-10(9-15)5-4-6-12(16)14(11)3/h10-11H,4-9H2,1-3H3/t10-,11+/m0/s1. The SMILES string of the molecule is CN1C(=O)CCC[C@H]2CN(S(=O)(=O)N(C)C)CC[C@H]21. The number of rotatable bonds is 2. The van der Waals surface area contributed by atoms with E-state index in [-0.39, 0.29) is 17.9 Å². The average molecular weight is 289 g/mol. The molecule has 0 aromatic heterocycles. The van der Waals surface area contributed by atoms with Gasteiger partial charge in [0, 0.05) is 46.7 Å². The first-order valence-electron chi connectivity index (χ1n) is 6.77. The average Bonchev–Trinajstić information content (AvgIpc) is 2.49. The summed E-state index contributed by atoms with van der Waals surface area (Å²) < 4.78 is 27.1. The van der Waals surface area contributed by atoms with Gasteiger partial charge >= 0.3 is 0 Å². The van der Waals surface area contributed by atoms with Gasteiger partial charge < -0.3 is 4.90 Å². The predicted octanol–water partition coefficient (Wildman–Crippen LogP) is 0.126. The molecule has 2 heterocycles. The summed E-state index contributed by atoms with van der Waals surface area (Å²) >= 11 is 0. The van der Waals surface area contributed by atoms with Crippen LogP contribution in [0.4, 0.5) is 0 Å². The lowest BCUT2D eigenvalue weighted by Gasteiger charge is -2.41. The zero-order chi connectivity index (χ0) is 14.2. The van der Waals surface area contributed by atoms with Gasteiger partial charge in [-0.1, -0.05) is 0 Å². The van der Waals surface area contributed by atoms with Gasteiger partial charge in [-0.3, -0.25) is 4.79 Å². The van der Waals surface area contributed by atoms with Gasteiger partial charge in [0.1, 0.15) is 0 Å². The highest BCUT2D eigenvalue weighted by molar-refractivity contribution is 7.86. The second-order valence-corrected chi connectivity index (χ2v) is 7.80. The molecular formula is C12H23N3O3S. The van der Waals surface area contributed by atoms with Crippen LogP contribution in [0.5, 0.6) is 0 Å². The maximum absolute atomic E-state index is 12.2. The molecule has 0 aromatic rings. The lowest BCUT2D eigenvalue weighted by Crippen LogP contribution is -2.53. The van der Waals surface area contributed by atoms with E-state index in [1.54, 1.807) is 18.4 Å². The molecule has 2 saturated heterocycles. The monoisotopic (exact) mass is 289 g/mol. The van der Waals surface area contributed by atoms with Crippen molar-refractivity contribution < 1.29 is 13.2 Å². The largest absolute Gasteiger partial charge is 0.342 e. The molecule has 1 amide bonds. The lowest BCUT2D eigenvalue weighted by atomic mass is 9.90. The third kappa shape index (κ3) is 2.78. The summed E-state index contributed by atoms with van der Waals surface area (Å²) in [5.74, 6) is 0.455. The Morgan fingerprint density at radius 2 is 1.95 bits per heavy atom. The highest BCUT2D eigenvalue weighted by Gasteiger charge is 2.39. The van der Waals surface area contributed by atoms with Gasteiger partial charge in [-0.2, -0.15) is 17.0 Å². The molecule has 7 heteroatoms. The third-order valence-electron chi connectivity index (χ3n) is 4.30. The van der Waals surface area contributed by atoms with Crippen LogP contribution in [0.1, 0.15) is 25.7 Å². The number of fused-ring (bicyclic) bond motifs is 1. The van der Waals surface area contributed by atoms with Crippen LogP contribution in [0.15, 0.2) is 0 Å². The molecule has 6 nitrogen and oxygen atoms in total. The van der Waals surface area contributed by atoms with E-state index in [0.717, 1.165) is 19.3 Å². The minimum absolute atomic E-state index is 0.191. The molecule has 0 radical (unpaired) electrons. The van der Waals surface area contributed by atoms with Crippen molar-refractivity contribution in [1.29, 1.82) is 0 Å². The van der Waals surface area contributed by atoms with Gasteiger partial charge in [0.15, 0.2) is 0 Å². The second-order valence-electron chi connectivity index (χ2n) is 5.66. The molecule has 0 aromatic carbocycles. The summed E-state index contributed by atoms with van der Waals surface area (Å²) in [6.45, 7) is 1.03. The molecular weight excluding hydrogens is 266 g/mol. The predicted molar refractivity (Wildman–Crippen MR) is 72.7 cm³/mol. The summed E-state index contributed by atoms with van der Waals surface area (Å²) in [6.07, 6.45) is 3.12. The van der Waals surface area contributed by atoms with Crippen LogP contribution in [0.3, 0.4) is 0 Å². The number of likely N-dealkylation sites (tertiary alicyclic amines) is 1. The Hall–Kier alpha value is -0.660. The summed E-state index contributed by atoms with van der Waals surface area (Å²) in [6, 6.07) is 0.198. The molecule has 110 valence electrons. The number of piperidine rings is 1. The quantitative estimate of drug-likeness (QED) is 0.726. The summed E-state index contributed by atoms with van der Waals surface area (Å²) in [5.41, 5.74) is 0. The molecule has 2 rings (SSSR count). The molecule has 2 atom stereocenters. The van der Waals surface area contributed by atoms with Gasteiger partial charge in [-0.25, -0.2) is 0 Å². The van der Waals surface area contributed by atoms with E-state index >= 15 is 0 Å². The van der Waals surface area contributed by atoms with Crippen molar-refractivity contribution in [3.05, 3.63) is 0 Å². The fourth-order valence-corrected chi connectivity index (χ4v) is 4.28. The van der Waals surface area contributed by atoms with Crippen molar-refractivity contribution in [2.45, 2.75) is 31.7 Å². The fourth-order valence-electron chi connectivity index (χ4n) is 3.10. The summed E-state index contributed by atoms with van der Waals surface area (Å²) in [5, 5.41) is 0.